The molecule has 1 saturated heterocycles. The Morgan fingerprint density at radius 1 is 1.41 bits per heavy atom. The van der Waals surface area contributed by atoms with Gasteiger partial charge in [-0.3, -0.25) is 0 Å². The molecule has 148 valence electrons. The molecular weight excluding hydrogens is 350 g/mol. The lowest BCUT2D eigenvalue weighted by Gasteiger charge is -2.20. The van der Waals surface area contributed by atoms with Gasteiger partial charge in [0, 0.05) is 40.8 Å². The van der Waals surface area contributed by atoms with Crippen LogP contribution in [0.15, 0.2) is 12.7 Å². The van der Waals surface area contributed by atoms with Gasteiger partial charge < -0.3 is 29.5 Å². The average molecular weight is 377 g/mol. The molecule has 2 aromatic heterocycles. The number of aromatic nitrogens is 4. The van der Waals surface area contributed by atoms with Crippen LogP contribution in [0.5, 0.6) is 0 Å². The van der Waals surface area contributed by atoms with Gasteiger partial charge in [0.15, 0.2) is 17.0 Å². The Kier molecular flexibility index (Phi) is 6.07. The Morgan fingerprint density at radius 2 is 2.22 bits per heavy atom. The van der Waals surface area contributed by atoms with Crippen LogP contribution in [0.4, 0.5) is 10.6 Å². The topological polar surface area (TPSA) is 109 Å². The quantitative estimate of drug-likeness (QED) is 0.703. The predicted octanol–water partition coefficient (Wildman–Crippen LogP) is 0.0736. The lowest BCUT2D eigenvalue weighted by atomic mass is 10.1. The molecule has 2 unspecified atom stereocenters. The Labute approximate surface area is 158 Å². The van der Waals surface area contributed by atoms with Gasteiger partial charge in [0.05, 0.1) is 25.1 Å². The molecule has 1 fully saturated rings. The molecular formula is C17H27N7O3. The third-order valence-electron chi connectivity index (χ3n) is 4.65. The minimum Gasteiger partial charge on any atom is -0.389 e. The van der Waals surface area contributed by atoms with Crippen molar-refractivity contribution < 1.29 is 14.6 Å². The first-order chi connectivity index (χ1) is 13.0. The fourth-order valence-corrected chi connectivity index (χ4v) is 3.10. The van der Waals surface area contributed by atoms with E-state index in [0.29, 0.717) is 43.2 Å². The fraction of sp³-hybridized carbons (Fsp3) is 0.647. The van der Waals surface area contributed by atoms with E-state index >= 15 is 0 Å². The molecule has 0 saturated carbocycles. The number of imidazole rings is 1. The third kappa shape index (κ3) is 4.45. The molecule has 0 aliphatic carbocycles. The number of fused-ring (bicyclic) bond motifs is 1. The summed E-state index contributed by atoms with van der Waals surface area (Å²) < 4.78 is 7.38. The standard InChI is InChI=1S/C17H27N7O3/c1-22(2)17(26)18-6-7-23(3)15-14-16(20-10-19-15)24(11-21-14)9-12(25)13-5-4-8-27-13/h10-13,25H,4-9H2,1-3H3,(H,18,26). The van der Waals surface area contributed by atoms with Gasteiger partial charge in [0.25, 0.3) is 0 Å². The molecule has 2 amide bonds. The normalized spacial score (nSPS) is 17.9. The van der Waals surface area contributed by atoms with Gasteiger partial charge >= 0.3 is 6.03 Å². The molecule has 2 atom stereocenters. The minimum atomic E-state index is -0.595. The van der Waals surface area contributed by atoms with Crippen LogP contribution in [0.3, 0.4) is 0 Å². The summed E-state index contributed by atoms with van der Waals surface area (Å²) >= 11 is 0. The highest BCUT2D eigenvalue weighted by Gasteiger charge is 2.25. The number of ether oxygens (including phenoxy) is 1. The second-order valence-electron chi connectivity index (χ2n) is 6.93. The number of amides is 2. The molecule has 2 aromatic rings. The maximum absolute atomic E-state index is 11.6. The van der Waals surface area contributed by atoms with E-state index in [-0.39, 0.29) is 12.1 Å². The van der Waals surface area contributed by atoms with E-state index < -0.39 is 6.10 Å². The summed E-state index contributed by atoms with van der Waals surface area (Å²) in [4.78, 5) is 28.1. The Balaban J connectivity index is 1.68. The van der Waals surface area contributed by atoms with Crippen molar-refractivity contribution in [2.24, 2.45) is 0 Å². The summed E-state index contributed by atoms with van der Waals surface area (Å²) in [6, 6.07) is -0.136. The van der Waals surface area contributed by atoms with E-state index in [4.69, 9.17) is 4.74 Å². The zero-order chi connectivity index (χ0) is 19.4. The monoisotopic (exact) mass is 377 g/mol. The lowest BCUT2D eigenvalue weighted by molar-refractivity contribution is -0.00902. The summed E-state index contributed by atoms with van der Waals surface area (Å²) in [7, 11) is 5.29. The van der Waals surface area contributed by atoms with Crippen molar-refractivity contribution in [3.05, 3.63) is 12.7 Å². The van der Waals surface area contributed by atoms with E-state index in [0.717, 1.165) is 12.8 Å². The summed E-state index contributed by atoms with van der Waals surface area (Å²) in [5, 5.41) is 13.2. The number of aliphatic hydroxyl groups is 1. The number of hydrogen-bond donors (Lipinski definition) is 2. The first kappa shape index (κ1) is 19.3. The van der Waals surface area contributed by atoms with E-state index in [1.54, 1.807) is 20.4 Å². The van der Waals surface area contributed by atoms with Crippen molar-refractivity contribution in [3.63, 3.8) is 0 Å². The van der Waals surface area contributed by atoms with Gasteiger partial charge in [-0.1, -0.05) is 0 Å². The molecule has 3 heterocycles. The number of nitrogens with one attached hydrogen (secondary N) is 1. The highest BCUT2D eigenvalue weighted by Crippen LogP contribution is 2.22. The molecule has 1 aliphatic heterocycles. The van der Waals surface area contributed by atoms with E-state index in [9.17, 15) is 9.90 Å². The number of carbonyl (C=O) groups excluding carboxylic acids is 1. The van der Waals surface area contributed by atoms with Gasteiger partial charge in [-0.05, 0) is 12.8 Å². The Bertz CT molecular complexity index is 773. The van der Waals surface area contributed by atoms with E-state index in [1.807, 2.05) is 16.5 Å². The van der Waals surface area contributed by atoms with E-state index in [2.05, 4.69) is 20.3 Å². The highest BCUT2D eigenvalue weighted by molar-refractivity contribution is 5.83. The smallest absolute Gasteiger partial charge is 0.316 e. The van der Waals surface area contributed by atoms with Crippen LogP contribution in [-0.2, 0) is 11.3 Å². The zero-order valence-corrected chi connectivity index (χ0v) is 16.0. The maximum atomic E-state index is 11.6. The number of rotatable bonds is 7. The number of aliphatic hydroxyl groups excluding tert-OH is 1. The highest BCUT2D eigenvalue weighted by atomic mass is 16.5. The second-order valence-corrected chi connectivity index (χ2v) is 6.93. The van der Waals surface area contributed by atoms with Crippen molar-refractivity contribution in [1.29, 1.82) is 0 Å². The molecule has 0 aromatic carbocycles. The molecule has 10 nitrogen and oxygen atoms in total. The van der Waals surface area contributed by atoms with Gasteiger partial charge in [0.1, 0.15) is 6.33 Å². The summed E-state index contributed by atoms with van der Waals surface area (Å²) in [5.41, 5.74) is 1.33. The summed E-state index contributed by atoms with van der Waals surface area (Å²) in [6.07, 6.45) is 4.28. The van der Waals surface area contributed by atoms with Crippen molar-refractivity contribution in [3.8, 4) is 0 Å². The Hall–Kier alpha value is -2.46. The van der Waals surface area contributed by atoms with Crippen LogP contribution in [-0.4, -0.2) is 88.6 Å². The first-order valence-electron chi connectivity index (χ1n) is 9.09. The van der Waals surface area contributed by atoms with Crippen molar-refractivity contribution in [1.82, 2.24) is 29.7 Å². The van der Waals surface area contributed by atoms with Crippen LogP contribution in [0.25, 0.3) is 11.2 Å². The average Bonchev–Trinajstić information content (AvgIpc) is 3.31. The largest absolute Gasteiger partial charge is 0.389 e. The molecule has 3 rings (SSSR count). The van der Waals surface area contributed by atoms with Crippen molar-refractivity contribution in [2.45, 2.75) is 31.6 Å². The van der Waals surface area contributed by atoms with Crippen molar-refractivity contribution in [2.75, 3.05) is 45.7 Å². The van der Waals surface area contributed by atoms with E-state index in [1.165, 1.54) is 11.2 Å². The van der Waals surface area contributed by atoms with Crippen LogP contribution in [0.2, 0.25) is 0 Å². The molecule has 0 spiro atoms. The summed E-state index contributed by atoms with van der Waals surface area (Å²) in [6.45, 7) is 2.14. The van der Waals surface area contributed by atoms with Gasteiger partial charge in [-0.2, -0.15) is 0 Å². The van der Waals surface area contributed by atoms with Crippen molar-refractivity contribution >= 4 is 23.0 Å². The molecule has 27 heavy (non-hydrogen) atoms. The van der Waals surface area contributed by atoms with Gasteiger partial charge in [-0.15, -0.1) is 0 Å². The van der Waals surface area contributed by atoms with Gasteiger partial charge in [0.2, 0.25) is 0 Å². The molecule has 1 aliphatic rings. The van der Waals surface area contributed by atoms with Crippen LogP contribution >= 0.6 is 0 Å². The van der Waals surface area contributed by atoms with Crippen LogP contribution < -0.4 is 10.2 Å². The van der Waals surface area contributed by atoms with Crippen LogP contribution in [0.1, 0.15) is 12.8 Å². The van der Waals surface area contributed by atoms with Gasteiger partial charge in [-0.25, -0.2) is 19.7 Å². The first-order valence-corrected chi connectivity index (χ1v) is 9.09. The number of urea groups is 1. The number of carbonyl (C=O) groups is 1. The third-order valence-corrected chi connectivity index (χ3v) is 4.65. The molecule has 2 N–H and O–H groups in total. The second kappa shape index (κ2) is 8.49. The number of hydrogen-bond acceptors (Lipinski definition) is 7. The minimum absolute atomic E-state index is 0.133. The number of anilines is 1. The molecule has 10 heteroatoms. The molecule has 0 bridgehead atoms. The number of nitrogens with zero attached hydrogens (tertiary/aromatic N) is 6. The fourth-order valence-electron chi connectivity index (χ4n) is 3.10. The van der Waals surface area contributed by atoms with Crippen LogP contribution in [0, 0.1) is 0 Å². The molecule has 0 radical (unpaired) electrons. The summed E-state index contributed by atoms with van der Waals surface area (Å²) in [5.74, 6) is 0.685. The maximum Gasteiger partial charge on any atom is 0.316 e. The zero-order valence-electron chi connectivity index (χ0n) is 16.0. The predicted molar refractivity (Wildman–Crippen MR) is 101 cm³/mol. The Morgan fingerprint density at radius 3 is 2.93 bits per heavy atom. The SMILES string of the molecule is CN(C)C(=O)NCCN(C)c1ncnc2c1ncn2CC(O)C1CCCO1. The lowest BCUT2D eigenvalue weighted by Crippen LogP contribution is -2.39. The number of likely N-dealkylation sites (N-methyl/N-ethyl adjacent to an activating group) is 1.